The minimum atomic E-state index is 0.585. The van der Waals surface area contributed by atoms with Crippen LogP contribution in [0.5, 0.6) is 11.5 Å². The molecular weight excluding hydrogens is 386 g/mol. The molecule has 1 N–H and O–H groups in total. The second-order valence-corrected chi connectivity index (χ2v) is 7.47. The molecule has 0 radical (unpaired) electrons. The van der Waals surface area contributed by atoms with Crippen LogP contribution in [0.15, 0.2) is 36.4 Å². The Morgan fingerprint density at radius 1 is 1.10 bits per heavy atom. The molecule has 154 valence electrons. The van der Waals surface area contributed by atoms with E-state index in [4.69, 9.17) is 21.7 Å². The van der Waals surface area contributed by atoms with Gasteiger partial charge in [-0.1, -0.05) is 12.1 Å². The highest BCUT2D eigenvalue weighted by Crippen LogP contribution is 2.27. The molecule has 0 spiro atoms. The van der Waals surface area contributed by atoms with E-state index in [1.165, 1.54) is 10.5 Å². The molecule has 0 saturated heterocycles. The summed E-state index contributed by atoms with van der Waals surface area (Å²) in [4.78, 5) is 1.22. The first-order valence-corrected chi connectivity index (χ1v) is 10.1. The molecule has 0 aliphatic heterocycles. The fourth-order valence-electron chi connectivity index (χ4n) is 3.25. The summed E-state index contributed by atoms with van der Waals surface area (Å²) in [5.41, 5.74) is 4.47. The van der Waals surface area contributed by atoms with Crippen LogP contribution in [0, 0.1) is 18.6 Å². The normalized spacial score (nSPS) is 12.0. The number of methoxy groups -OCH3 is 1. The van der Waals surface area contributed by atoms with Crippen LogP contribution in [0.4, 0.5) is 0 Å². The maximum atomic E-state index is 5.63. The molecule has 1 atom stereocenters. The number of ether oxygens (including phenoxy) is 2. The standard InChI is InChI=1S/C21H27N5O2S/c1-6-28-19-11-10-17(12-20(19)27-5)13-24(4)14-25-21(29)26(23-22-25)18-9-7-8-15(2)16(18)3/h7-12H,6,13-14H2,1-5H3/p+1. The van der Waals surface area contributed by atoms with Crippen LogP contribution in [0.2, 0.25) is 0 Å². The average Bonchev–Trinajstić information content (AvgIpc) is 3.05. The fraction of sp³-hybridized carbons (Fsp3) is 0.381. The van der Waals surface area contributed by atoms with Gasteiger partial charge in [0.2, 0.25) is 4.77 Å². The van der Waals surface area contributed by atoms with E-state index in [0.717, 1.165) is 34.9 Å². The third-order valence-corrected chi connectivity index (χ3v) is 5.28. The lowest BCUT2D eigenvalue weighted by Gasteiger charge is -2.15. The lowest BCUT2D eigenvalue weighted by atomic mass is 10.1. The van der Waals surface area contributed by atoms with Crippen molar-refractivity contribution in [2.24, 2.45) is 0 Å². The molecule has 0 fully saturated rings. The molecule has 3 rings (SSSR count). The summed E-state index contributed by atoms with van der Waals surface area (Å²) in [5.74, 6) is 1.50. The van der Waals surface area contributed by atoms with Crippen molar-refractivity contribution < 1.29 is 14.4 Å². The zero-order chi connectivity index (χ0) is 21.0. The van der Waals surface area contributed by atoms with Gasteiger partial charge in [-0.05, 0) is 78.8 Å². The Morgan fingerprint density at radius 3 is 2.62 bits per heavy atom. The second kappa shape index (κ2) is 9.19. The van der Waals surface area contributed by atoms with Crippen LogP contribution in [0.3, 0.4) is 0 Å². The summed E-state index contributed by atoms with van der Waals surface area (Å²) >= 11 is 5.63. The monoisotopic (exact) mass is 414 g/mol. The molecule has 0 saturated carbocycles. The predicted molar refractivity (Wildman–Crippen MR) is 114 cm³/mol. The molecule has 1 heterocycles. The third kappa shape index (κ3) is 4.65. The van der Waals surface area contributed by atoms with E-state index >= 15 is 0 Å². The summed E-state index contributed by atoms with van der Waals surface area (Å²) in [7, 11) is 3.75. The Morgan fingerprint density at radius 2 is 1.90 bits per heavy atom. The quantitative estimate of drug-likeness (QED) is 0.574. The van der Waals surface area contributed by atoms with Gasteiger partial charge >= 0.3 is 0 Å². The smallest absolute Gasteiger partial charge is 0.225 e. The van der Waals surface area contributed by atoms with E-state index in [0.29, 0.717) is 18.0 Å². The van der Waals surface area contributed by atoms with Gasteiger partial charge in [0.15, 0.2) is 18.2 Å². The van der Waals surface area contributed by atoms with Crippen LogP contribution in [0.1, 0.15) is 23.6 Å². The number of nitrogens with zero attached hydrogens (tertiary/aromatic N) is 4. The second-order valence-electron chi connectivity index (χ2n) is 7.10. The number of nitrogens with one attached hydrogen (secondary N) is 1. The first-order valence-electron chi connectivity index (χ1n) is 9.65. The number of hydrogen-bond acceptors (Lipinski definition) is 5. The summed E-state index contributed by atoms with van der Waals surface area (Å²) < 4.78 is 15.1. The van der Waals surface area contributed by atoms with Crippen LogP contribution in [0.25, 0.3) is 5.69 Å². The highest BCUT2D eigenvalue weighted by atomic mass is 32.1. The van der Waals surface area contributed by atoms with Gasteiger partial charge in [0.25, 0.3) is 0 Å². The summed E-state index contributed by atoms with van der Waals surface area (Å²) in [6.45, 7) is 8.12. The van der Waals surface area contributed by atoms with Gasteiger partial charge in [0, 0.05) is 5.56 Å². The van der Waals surface area contributed by atoms with Crippen molar-refractivity contribution in [2.75, 3.05) is 20.8 Å². The highest BCUT2D eigenvalue weighted by Gasteiger charge is 2.14. The molecule has 2 aromatic carbocycles. The van der Waals surface area contributed by atoms with Crippen molar-refractivity contribution in [3.05, 3.63) is 57.9 Å². The zero-order valence-corrected chi connectivity index (χ0v) is 18.4. The first-order chi connectivity index (χ1) is 13.9. The van der Waals surface area contributed by atoms with E-state index in [-0.39, 0.29) is 0 Å². The van der Waals surface area contributed by atoms with E-state index in [1.807, 2.05) is 31.2 Å². The number of rotatable bonds is 8. The van der Waals surface area contributed by atoms with Crippen molar-refractivity contribution >= 4 is 12.2 Å². The summed E-state index contributed by atoms with van der Waals surface area (Å²) in [6, 6.07) is 12.1. The molecule has 3 aromatic rings. The number of benzene rings is 2. The van der Waals surface area contributed by atoms with Crippen LogP contribution in [-0.2, 0) is 13.2 Å². The van der Waals surface area contributed by atoms with E-state index < -0.39 is 0 Å². The lowest BCUT2D eigenvalue weighted by Crippen LogP contribution is -3.07. The van der Waals surface area contributed by atoms with E-state index in [9.17, 15) is 0 Å². The van der Waals surface area contributed by atoms with Gasteiger partial charge < -0.3 is 14.4 Å². The molecule has 0 aliphatic rings. The Hall–Kier alpha value is -2.71. The summed E-state index contributed by atoms with van der Waals surface area (Å²) in [6.07, 6.45) is 0. The SMILES string of the molecule is CCOc1ccc(C[NH+](C)Cn2nnn(-c3cccc(C)c3C)c2=S)cc1OC. The van der Waals surface area contributed by atoms with Crippen LogP contribution in [-0.4, -0.2) is 40.6 Å². The minimum Gasteiger partial charge on any atom is -0.493 e. The van der Waals surface area contributed by atoms with Crippen molar-refractivity contribution in [2.45, 2.75) is 34.0 Å². The molecule has 1 aromatic heterocycles. The maximum absolute atomic E-state index is 5.63. The van der Waals surface area contributed by atoms with Gasteiger partial charge in [0.05, 0.1) is 26.5 Å². The average molecular weight is 415 g/mol. The van der Waals surface area contributed by atoms with Gasteiger partial charge in [-0.2, -0.15) is 9.36 Å². The lowest BCUT2D eigenvalue weighted by molar-refractivity contribution is -0.917. The summed E-state index contributed by atoms with van der Waals surface area (Å²) in [5, 5.41) is 8.56. The topological polar surface area (TPSA) is 58.5 Å². The maximum Gasteiger partial charge on any atom is 0.225 e. The predicted octanol–water partition coefficient (Wildman–Crippen LogP) is 2.49. The first kappa shape index (κ1) is 21.0. The number of hydrogen-bond donors (Lipinski definition) is 1. The largest absolute Gasteiger partial charge is 0.493 e. The van der Waals surface area contributed by atoms with E-state index in [2.05, 4.69) is 43.5 Å². The molecule has 0 aliphatic carbocycles. The Balaban J connectivity index is 1.75. The van der Waals surface area contributed by atoms with Gasteiger partial charge in [-0.15, -0.1) is 0 Å². The molecular formula is C21H28N5O2S+. The number of quaternary nitrogens is 1. The zero-order valence-electron chi connectivity index (χ0n) is 17.6. The van der Waals surface area contributed by atoms with Crippen molar-refractivity contribution in [3.8, 4) is 17.2 Å². The highest BCUT2D eigenvalue weighted by molar-refractivity contribution is 7.71. The molecule has 8 heteroatoms. The molecule has 7 nitrogen and oxygen atoms in total. The third-order valence-electron chi connectivity index (χ3n) is 4.90. The van der Waals surface area contributed by atoms with Gasteiger partial charge in [0.1, 0.15) is 6.54 Å². The van der Waals surface area contributed by atoms with Crippen LogP contribution < -0.4 is 14.4 Å². The van der Waals surface area contributed by atoms with E-state index in [1.54, 1.807) is 16.5 Å². The molecule has 0 amide bonds. The molecule has 1 unspecified atom stereocenters. The van der Waals surface area contributed by atoms with Gasteiger partial charge in [-0.25, -0.2) is 0 Å². The number of aromatic nitrogens is 4. The Bertz CT molecular complexity index is 1040. The van der Waals surface area contributed by atoms with Crippen LogP contribution >= 0.6 is 12.2 Å². The molecule has 0 bridgehead atoms. The van der Waals surface area contributed by atoms with Gasteiger partial charge in [-0.3, -0.25) is 0 Å². The van der Waals surface area contributed by atoms with Crippen molar-refractivity contribution in [1.82, 2.24) is 19.8 Å². The number of aryl methyl sites for hydroxylation is 1. The van der Waals surface area contributed by atoms with Crippen molar-refractivity contribution in [1.29, 1.82) is 0 Å². The number of tetrazole rings is 1. The molecule has 29 heavy (non-hydrogen) atoms. The Kier molecular flexibility index (Phi) is 6.66. The Labute approximate surface area is 176 Å². The minimum absolute atomic E-state index is 0.585. The van der Waals surface area contributed by atoms with Crippen molar-refractivity contribution in [3.63, 3.8) is 0 Å². The fourth-order valence-corrected chi connectivity index (χ4v) is 3.48.